The van der Waals surface area contributed by atoms with Crippen LogP contribution < -0.4 is 4.74 Å². The Morgan fingerprint density at radius 1 is 1.32 bits per heavy atom. The highest BCUT2D eigenvalue weighted by atomic mass is 19.1. The van der Waals surface area contributed by atoms with Gasteiger partial charge in [0.2, 0.25) is 11.7 Å². The molecule has 0 bridgehead atoms. The first-order chi connectivity index (χ1) is 12.0. The molecular weight excluding hydrogens is 323 g/mol. The minimum absolute atomic E-state index is 0.0610. The molecule has 3 rings (SSSR count). The van der Waals surface area contributed by atoms with Gasteiger partial charge >= 0.3 is 5.97 Å². The lowest BCUT2D eigenvalue weighted by molar-refractivity contribution is -0.151. The summed E-state index contributed by atoms with van der Waals surface area (Å²) in [7, 11) is 1.56. The molecule has 0 spiro atoms. The number of hydrogen-bond acceptors (Lipinski definition) is 3. The van der Waals surface area contributed by atoms with Crippen LogP contribution >= 0.6 is 0 Å². The van der Waals surface area contributed by atoms with E-state index >= 15 is 4.39 Å². The van der Waals surface area contributed by atoms with Crippen LogP contribution in [-0.2, 0) is 4.79 Å². The molecule has 2 atom stereocenters. The fourth-order valence-corrected chi connectivity index (χ4v) is 4.10. The van der Waals surface area contributed by atoms with Gasteiger partial charge in [-0.2, -0.15) is 0 Å². The van der Waals surface area contributed by atoms with Crippen LogP contribution in [0.2, 0.25) is 0 Å². The number of carbonyl (C=O) groups is 1. The number of ether oxygens (including phenoxy) is 1. The van der Waals surface area contributed by atoms with E-state index in [-0.39, 0.29) is 18.6 Å². The number of likely N-dealkylation sites (tertiary alicyclic amines) is 1. The Hall–Kier alpha value is -2.13. The molecule has 1 aromatic rings. The second kappa shape index (κ2) is 7.01. The van der Waals surface area contributed by atoms with E-state index in [2.05, 4.69) is 4.85 Å². The van der Waals surface area contributed by atoms with Crippen molar-refractivity contribution in [3.05, 3.63) is 41.2 Å². The number of aliphatic carboxylic acids is 1. The van der Waals surface area contributed by atoms with Gasteiger partial charge in [-0.05, 0) is 30.5 Å². The molecule has 0 aromatic heterocycles. The van der Waals surface area contributed by atoms with Crippen molar-refractivity contribution in [3.63, 3.8) is 0 Å². The van der Waals surface area contributed by atoms with Crippen LogP contribution in [0.15, 0.2) is 24.3 Å². The molecule has 1 heterocycles. The number of rotatable bonds is 4. The Balaban J connectivity index is 1.79. The monoisotopic (exact) mass is 346 g/mol. The van der Waals surface area contributed by atoms with Gasteiger partial charge in [0.05, 0.1) is 7.11 Å². The van der Waals surface area contributed by atoms with E-state index in [0.717, 1.165) is 25.7 Å². The van der Waals surface area contributed by atoms with Gasteiger partial charge in [0.15, 0.2) is 0 Å². The normalized spacial score (nSPS) is 32.9. The standard InChI is InChI=1S/C19H23FN2O3/c1-21-14-5-7-15(8-6-14)22-11-17(19(20,12-22)18(23)24)13-3-9-16(25-2)10-4-13/h3-4,9-10,14-15,17H,5-8,11-12H2,2H3,(H,23,24)/t14?,15?,17-,19-/m0/s1. The minimum Gasteiger partial charge on any atom is -0.497 e. The third-order valence-corrected chi connectivity index (χ3v) is 5.64. The molecular formula is C19H23FN2O3. The van der Waals surface area contributed by atoms with Gasteiger partial charge in [-0.15, -0.1) is 0 Å². The summed E-state index contributed by atoms with van der Waals surface area (Å²) in [4.78, 5) is 17.3. The summed E-state index contributed by atoms with van der Waals surface area (Å²) in [5.41, 5.74) is -1.60. The highest BCUT2D eigenvalue weighted by molar-refractivity contribution is 5.80. The van der Waals surface area contributed by atoms with E-state index in [4.69, 9.17) is 11.3 Å². The van der Waals surface area contributed by atoms with Gasteiger partial charge in [-0.1, -0.05) is 12.1 Å². The lowest BCUT2D eigenvalue weighted by Gasteiger charge is -2.31. The van der Waals surface area contributed by atoms with E-state index in [1.807, 2.05) is 4.90 Å². The predicted molar refractivity (Wildman–Crippen MR) is 91.4 cm³/mol. The van der Waals surface area contributed by atoms with Gasteiger partial charge in [0.1, 0.15) is 5.75 Å². The quantitative estimate of drug-likeness (QED) is 0.851. The molecule has 0 radical (unpaired) electrons. The van der Waals surface area contributed by atoms with Crippen molar-refractivity contribution in [1.82, 2.24) is 4.90 Å². The Labute approximate surface area is 147 Å². The van der Waals surface area contributed by atoms with Gasteiger partial charge in [0, 0.05) is 37.9 Å². The summed E-state index contributed by atoms with van der Waals surface area (Å²) in [6.07, 6.45) is 3.28. The van der Waals surface area contributed by atoms with E-state index < -0.39 is 17.6 Å². The average molecular weight is 346 g/mol. The lowest BCUT2D eigenvalue weighted by Crippen LogP contribution is -2.43. The average Bonchev–Trinajstić information content (AvgIpc) is 3.01. The van der Waals surface area contributed by atoms with Crippen molar-refractivity contribution in [1.29, 1.82) is 0 Å². The molecule has 0 unspecified atom stereocenters. The molecule has 25 heavy (non-hydrogen) atoms. The van der Waals surface area contributed by atoms with E-state index in [1.54, 1.807) is 31.4 Å². The molecule has 2 fully saturated rings. The molecule has 2 aliphatic rings. The first kappa shape index (κ1) is 17.7. The molecule has 0 amide bonds. The highest BCUT2D eigenvalue weighted by Crippen LogP contribution is 2.42. The molecule has 1 aliphatic carbocycles. The minimum atomic E-state index is -2.29. The van der Waals surface area contributed by atoms with Crippen LogP contribution in [0.3, 0.4) is 0 Å². The van der Waals surface area contributed by atoms with Crippen molar-refractivity contribution >= 4 is 5.97 Å². The zero-order chi connectivity index (χ0) is 18.0. The van der Waals surface area contributed by atoms with Gasteiger partial charge in [0.25, 0.3) is 0 Å². The van der Waals surface area contributed by atoms with Gasteiger partial charge < -0.3 is 14.7 Å². The number of alkyl halides is 1. The van der Waals surface area contributed by atoms with Crippen molar-refractivity contribution in [2.45, 2.75) is 49.4 Å². The van der Waals surface area contributed by atoms with Crippen molar-refractivity contribution in [2.75, 3.05) is 20.2 Å². The second-order valence-electron chi connectivity index (χ2n) is 7.01. The number of carboxylic acid groups (broad SMARTS) is 1. The van der Waals surface area contributed by atoms with Gasteiger partial charge in [-0.25, -0.2) is 15.8 Å². The van der Waals surface area contributed by atoms with Crippen molar-refractivity contribution < 1.29 is 19.0 Å². The molecule has 1 N–H and O–H groups in total. The molecule has 5 nitrogen and oxygen atoms in total. The molecule has 1 saturated heterocycles. The Bertz CT molecular complexity index is 664. The number of nitrogens with zero attached hydrogens (tertiary/aromatic N) is 2. The molecule has 134 valence electrons. The summed E-state index contributed by atoms with van der Waals surface area (Å²) < 4.78 is 20.5. The van der Waals surface area contributed by atoms with Crippen LogP contribution in [0.25, 0.3) is 4.85 Å². The number of hydrogen-bond donors (Lipinski definition) is 1. The summed E-state index contributed by atoms with van der Waals surface area (Å²) in [5.74, 6) is -1.43. The maximum absolute atomic E-state index is 15.4. The molecule has 1 aliphatic heterocycles. The van der Waals surface area contributed by atoms with Crippen LogP contribution in [0.5, 0.6) is 5.75 Å². The Morgan fingerprint density at radius 3 is 2.48 bits per heavy atom. The summed E-state index contributed by atoms with van der Waals surface area (Å²) in [6.45, 7) is 7.43. The molecule has 1 saturated carbocycles. The Morgan fingerprint density at radius 2 is 1.96 bits per heavy atom. The van der Waals surface area contributed by atoms with Gasteiger partial charge in [-0.3, -0.25) is 4.90 Å². The highest BCUT2D eigenvalue weighted by Gasteiger charge is 2.55. The zero-order valence-corrected chi connectivity index (χ0v) is 14.3. The number of methoxy groups -OCH3 is 1. The van der Waals surface area contributed by atoms with E-state index in [0.29, 0.717) is 17.9 Å². The lowest BCUT2D eigenvalue weighted by atomic mass is 9.86. The first-order valence-corrected chi connectivity index (χ1v) is 8.65. The third-order valence-electron chi connectivity index (χ3n) is 5.64. The van der Waals surface area contributed by atoms with Crippen molar-refractivity contribution in [2.24, 2.45) is 0 Å². The third kappa shape index (κ3) is 3.34. The Kier molecular flexibility index (Phi) is 4.96. The van der Waals surface area contributed by atoms with Crippen LogP contribution in [0.1, 0.15) is 37.2 Å². The number of halogens is 1. The second-order valence-corrected chi connectivity index (χ2v) is 7.01. The number of carboxylic acids is 1. The number of benzene rings is 1. The van der Waals surface area contributed by atoms with E-state index in [1.165, 1.54) is 0 Å². The molecule has 6 heteroatoms. The zero-order valence-electron chi connectivity index (χ0n) is 14.3. The van der Waals surface area contributed by atoms with Crippen molar-refractivity contribution in [3.8, 4) is 5.75 Å². The van der Waals surface area contributed by atoms with E-state index in [9.17, 15) is 9.90 Å². The summed E-state index contributed by atoms with van der Waals surface area (Å²) in [6, 6.07) is 7.20. The fraction of sp³-hybridized carbons (Fsp3) is 0.579. The maximum Gasteiger partial charge on any atom is 0.343 e. The summed E-state index contributed by atoms with van der Waals surface area (Å²) in [5, 5.41) is 9.54. The SMILES string of the molecule is [C-]#[N+]C1CCC(N2C[C@@H](c3ccc(OC)cc3)[C@](F)(C(=O)O)C2)CC1. The first-order valence-electron chi connectivity index (χ1n) is 8.65. The molecule has 1 aromatic carbocycles. The van der Waals surface area contributed by atoms with Crippen LogP contribution in [0, 0.1) is 6.57 Å². The van der Waals surface area contributed by atoms with Crippen LogP contribution in [-0.4, -0.2) is 53.9 Å². The fourth-order valence-electron chi connectivity index (χ4n) is 4.10. The predicted octanol–water partition coefficient (Wildman–Crippen LogP) is 3.12. The largest absolute Gasteiger partial charge is 0.497 e. The van der Waals surface area contributed by atoms with Crippen LogP contribution in [0.4, 0.5) is 4.39 Å². The smallest absolute Gasteiger partial charge is 0.343 e. The topological polar surface area (TPSA) is 54.1 Å². The maximum atomic E-state index is 15.4. The summed E-state index contributed by atoms with van der Waals surface area (Å²) >= 11 is 0.